The highest BCUT2D eigenvalue weighted by atomic mass is 79.9. The minimum absolute atomic E-state index is 0.405. The lowest BCUT2D eigenvalue weighted by molar-refractivity contribution is 0.0168. The van der Waals surface area contributed by atoms with E-state index in [1.165, 1.54) is 0 Å². The molecule has 1 aliphatic heterocycles. The molecule has 1 saturated heterocycles. The molecule has 0 aromatic heterocycles. The molecule has 1 fully saturated rings. The van der Waals surface area contributed by atoms with Crippen molar-refractivity contribution in [3.05, 3.63) is 28.7 Å². The van der Waals surface area contributed by atoms with E-state index in [2.05, 4.69) is 21.2 Å². The Morgan fingerprint density at radius 3 is 2.82 bits per heavy atom. The Kier molecular flexibility index (Phi) is 5.29. The molecule has 0 aliphatic carbocycles. The molecule has 0 saturated carbocycles. The van der Waals surface area contributed by atoms with Gasteiger partial charge in [-0.2, -0.15) is 0 Å². The molecule has 94 valence electrons. The summed E-state index contributed by atoms with van der Waals surface area (Å²) >= 11 is 3.42. The fourth-order valence-corrected chi connectivity index (χ4v) is 2.27. The molecule has 0 bridgehead atoms. The lowest BCUT2D eigenvalue weighted by Gasteiger charge is -2.22. The predicted molar refractivity (Wildman–Crippen MR) is 71.5 cm³/mol. The molecule has 1 aromatic rings. The van der Waals surface area contributed by atoms with Crippen LogP contribution < -0.4 is 10.1 Å². The van der Waals surface area contributed by atoms with Crippen LogP contribution in [0.1, 0.15) is 12.8 Å². The van der Waals surface area contributed by atoms with Gasteiger partial charge in [0.2, 0.25) is 0 Å². The maximum absolute atomic E-state index is 5.76. The van der Waals surface area contributed by atoms with Crippen LogP contribution in [0.15, 0.2) is 28.7 Å². The molecule has 1 heterocycles. The Morgan fingerprint density at radius 1 is 1.24 bits per heavy atom. The fraction of sp³-hybridized carbons (Fsp3) is 0.538. The second-order valence-electron chi connectivity index (χ2n) is 4.13. The summed E-state index contributed by atoms with van der Waals surface area (Å²) in [5.41, 5.74) is 0. The molecule has 0 unspecified atom stereocenters. The van der Waals surface area contributed by atoms with E-state index in [0.717, 1.165) is 36.2 Å². The van der Waals surface area contributed by atoms with Crippen LogP contribution in [-0.2, 0) is 4.74 Å². The molecule has 4 heteroatoms. The first-order valence-electron chi connectivity index (χ1n) is 6.05. The first-order chi connectivity index (χ1) is 8.34. The van der Waals surface area contributed by atoms with Gasteiger partial charge in [-0.15, -0.1) is 0 Å². The molecule has 3 nitrogen and oxygen atoms in total. The van der Waals surface area contributed by atoms with Crippen LogP contribution in [0.5, 0.6) is 5.75 Å². The van der Waals surface area contributed by atoms with Crippen molar-refractivity contribution < 1.29 is 9.47 Å². The highest BCUT2D eigenvalue weighted by Crippen LogP contribution is 2.17. The van der Waals surface area contributed by atoms with E-state index in [1.54, 1.807) is 0 Å². The predicted octanol–water partition coefficient (Wildman–Crippen LogP) is 2.60. The molecule has 2 rings (SSSR count). The summed E-state index contributed by atoms with van der Waals surface area (Å²) in [6.07, 6.45) is 2.62. The maximum atomic E-state index is 5.76. The average Bonchev–Trinajstić information content (AvgIpc) is 2.36. The van der Waals surface area contributed by atoms with Crippen molar-refractivity contribution in [1.82, 2.24) is 5.32 Å². The van der Waals surface area contributed by atoms with E-state index in [4.69, 9.17) is 9.47 Å². The van der Waals surface area contributed by atoms with Gasteiger partial charge >= 0.3 is 0 Å². The molecule has 1 aromatic carbocycles. The molecule has 0 radical (unpaired) electrons. The van der Waals surface area contributed by atoms with E-state index in [9.17, 15) is 0 Å². The normalized spacial score (nSPS) is 17.0. The summed E-state index contributed by atoms with van der Waals surface area (Å²) in [6, 6.07) is 7.87. The standard InChI is InChI=1S/C13H18BrNO2/c14-11-2-1-3-13(10-11)17-9-8-16-12-4-6-15-7-5-12/h1-3,10,12,15H,4-9H2. The van der Waals surface area contributed by atoms with E-state index in [0.29, 0.717) is 19.3 Å². The third kappa shape index (κ3) is 4.66. The highest BCUT2D eigenvalue weighted by Gasteiger charge is 2.12. The Morgan fingerprint density at radius 2 is 2.06 bits per heavy atom. The van der Waals surface area contributed by atoms with Gasteiger partial charge in [0.25, 0.3) is 0 Å². The van der Waals surface area contributed by atoms with E-state index >= 15 is 0 Å². The zero-order valence-corrected chi connectivity index (χ0v) is 11.4. The van der Waals surface area contributed by atoms with Crippen molar-refractivity contribution >= 4 is 15.9 Å². The van der Waals surface area contributed by atoms with Gasteiger partial charge in [0, 0.05) is 4.47 Å². The summed E-state index contributed by atoms with van der Waals surface area (Å²) in [4.78, 5) is 0. The van der Waals surface area contributed by atoms with Gasteiger partial charge in [0.1, 0.15) is 12.4 Å². The van der Waals surface area contributed by atoms with E-state index in [1.807, 2.05) is 24.3 Å². The number of hydrogen-bond acceptors (Lipinski definition) is 3. The van der Waals surface area contributed by atoms with Crippen LogP contribution in [0.4, 0.5) is 0 Å². The summed E-state index contributed by atoms with van der Waals surface area (Å²) < 4.78 is 12.4. The summed E-state index contributed by atoms with van der Waals surface area (Å²) in [5.74, 6) is 0.883. The van der Waals surface area contributed by atoms with Crippen molar-refractivity contribution in [2.75, 3.05) is 26.3 Å². The van der Waals surface area contributed by atoms with Crippen LogP contribution in [0, 0.1) is 0 Å². The number of hydrogen-bond donors (Lipinski definition) is 1. The van der Waals surface area contributed by atoms with Crippen molar-refractivity contribution in [1.29, 1.82) is 0 Å². The fourth-order valence-electron chi connectivity index (χ4n) is 1.89. The van der Waals surface area contributed by atoms with Crippen LogP contribution in [0.2, 0.25) is 0 Å². The molecule has 0 atom stereocenters. The Bertz CT molecular complexity index is 340. The largest absolute Gasteiger partial charge is 0.491 e. The summed E-state index contributed by atoms with van der Waals surface area (Å²) in [5, 5.41) is 3.32. The minimum Gasteiger partial charge on any atom is -0.491 e. The monoisotopic (exact) mass is 299 g/mol. The highest BCUT2D eigenvalue weighted by molar-refractivity contribution is 9.10. The lowest BCUT2D eigenvalue weighted by atomic mass is 10.1. The number of ether oxygens (including phenoxy) is 2. The Hall–Kier alpha value is -0.580. The van der Waals surface area contributed by atoms with Crippen LogP contribution >= 0.6 is 15.9 Å². The molecular formula is C13H18BrNO2. The zero-order chi connectivity index (χ0) is 11.9. The number of piperidine rings is 1. The SMILES string of the molecule is Brc1cccc(OCCOC2CCNCC2)c1. The lowest BCUT2D eigenvalue weighted by Crippen LogP contribution is -2.33. The smallest absolute Gasteiger partial charge is 0.120 e. The molecule has 0 spiro atoms. The molecule has 17 heavy (non-hydrogen) atoms. The van der Waals surface area contributed by atoms with Crippen molar-refractivity contribution in [2.45, 2.75) is 18.9 Å². The quantitative estimate of drug-likeness (QED) is 0.848. The number of rotatable bonds is 5. The summed E-state index contributed by atoms with van der Waals surface area (Å²) in [6.45, 7) is 3.41. The number of nitrogens with one attached hydrogen (secondary N) is 1. The van der Waals surface area contributed by atoms with Crippen molar-refractivity contribution in [3.63, 3.8) is 0 Å². The van der Waals surface area contributed by atoms with Crippen molar-refractivity contribution in [2.24, 2.45) is 0 Å². The van der Waals surface area contributed by atoms with Crippen molar-refractivity contribution in [3.8, 4) is 5.75 Å². The number of benzene rings is 1. The van der Waals surface area contributed by atoms with Crippen LogP contribution in [0.25, 0.3) is 0 Å². The third-order valence-corrected chi connectivity index (χ3v) is 3.28. The Balaban J connectivity index is 1.62. The topological polar surface area (TPSA) is 30.5 Å². The van der Waals surface area contributed by atoms with E-state index < -0.39 is 0 Å². The Labute approximate surface area is 111 Å². The van der Waals surface area contributed by atoms with Crippen LogP contribution in [-0.4, -0.2) is 32.4 Å². The molecule has 0 amide bonds. The second-order valence-corrected chi connectivity index (χ2v) is 5.04. The molecular weight excluding hydrogens is 282 g/mol. The first kappa shape index (κ1) is 12.9. The zero-order valence-electron chi connectivity index (χ0n) is 9.82. The van der Waals surface area contributed by atoms with Gasteiger partial charge in [0.05, 0.1) is 12.7 Å². The minimum atomic E-state index is 0.405. The van der Waals surface area contributed by atoms with Gasteiger partial charge in [0.15, 0.2) is 0 Å². The van der Waals surface area contributed by atoms with Gasteiger partial charge in [-0.25, -0.2) is 0 Å². The first-order valence-corrected chi connectivity index (χ1v) is 6.84. The average molecular weight is 300 g/mol. The van der Waals surface area contributed by atoms with Gasteiger partial charge in [-0.05, 0) is 44.1 Å². The second kappa shape index (κ2) is 6.99. The van der Waals surface area contributed by atoms with E-state index in [-0.39, 0.29) is 0 Å². The van der Waals surface area contributed by atoms with Gasteiger partial charge in [-0.3, -0.25) is 0 Å². The van der Waals surface area contributed by atoms with Gasteiger partial charge in [-0.1, -0.05) is 22.0 Å². The third-order valence-electron chi connectivity index (χ3n) is 2.79. The maximum Gasteiger partial charge on any atom is 0.120 e. The molecule has 1 N–H and O–H groups in total. The molecule has 1 aliphatic rings. The van der Waals surface area contributed by atoms with Crippen LogP contribution in [0.3, 0.4) is 0 Å². The summed E-state index contributed by atoms with van der Waals surface area (Å²) in [7, 11) is 0. The number of halogens is 1. The van der Waals surface area contributed by atoms with Gasteiger partial charge < -0.3 is 14.8 Å².